The highest BCUT2D eigenvalue weighted by atomic mass is 14.9. The van der Waals surface area contributed by atoms with Crippen molar-refractivity contribution in [1.29, 1.82) is 0 Å². The smallest absolute Gasteiger partial charge is 0.0515 e. The molecule has 2 nitrogen and oxygen atoms in total. The largest absolute Gasteiger partial charge is 0.347 e. The lowest BCUT2D eigenvalue weighted by Gasteiger charge is -2.07. The SMILES string of the molecule is CCn1cc(C)c2cccc(CCNC)c21. The fraction of sp³-hybridized carbons (Fsp3) is 0.429. The molecule has 1 aromatic heterocycles. The van der Waals surface area contributed by atoms with Crippen molar-refractivity contribution in [2.24, 2.45) is 0 Å². The number of benzene rings is 1. The molecule has 2 aromatic rings. The second-order valence-corrected chi connectivity index (χ2v) is 4.26. The van der Waals surface area contributed by atoms with Gasteiger partial charge in [-0.25, -0.2) is 0 Å². The molecule has 0 spiro atoms. The predicted octanol–water partition coefficient (Wildman–Crippen LogP) is 2.73. The Morgan fingerprint density at radius 2 is 2.12 bits per heavy atom. The van der Waals surface area contributed by atoms with Crippen LogP contribution in [0.2, 0.25) is 0 Å². The summed E-state index contributed by atoms with van der Waals surface area (Å²) in [5.74, 6) is 0. The van der Waals surface area contributed by atoms with Gasteiger partial charge in [0.15, 0.2) is 0 Å². The summed E-state index contributed by atoms with van der Waals surface area (Å²) in [4.78, 5) is 0. The maximum absolute atomic E-state index is 3.22. The zero-order valence-corrected chi connectivity index (χ0v) is 10.4. The van der Waals surface area contributed by atoms with Gasteiger partial charge in [0.1, 0.15) is 0 Å². The van der Waals surface area contributed by atoms with E-state index in [1.54, 1.807) is 0 Å². The third kappa shape index (κ3) is 1.85. The highest BCUT2D eigenvalue weighted by Gasteiger charge is 2.08. The standard InChI is InChI=1S/C14H20N2/c1-4-16-10-11(2)13-7-5-6-12(14(13)16)8-9-15-3/h5-7,10,15H,4,8-9H2,1-3H3. The Bertz CT molecular complexity index is 483. The van der Waals surface area contributed by atoms with Crippen LogP contribution in [-0.4, -0.2) is 18.2 Å². The van der Waals surface area contributed by atoms with Gasteiger partial charge in [-0.2, -0.15) is 0 Å². The Hall–Kier alpha value is -1.28. The molecule has 0 aliphatic rings. The van der Waals surface area contributed by atoms with E-state index in [4.69, 9.17) is 0 Å². The van der Waals surface area contributed by atoms with E-state index in [2.05, 4.69) is 48.1 Å². The molecule has 0 unspecified atom stereocenters. The summed E-state index contributed by atoms with van der Waals surface area (Å²) in [5, 5.41) is 4.61. The molecule has 1 N–H and O–H groups in total. The lowest BCUT2D eigenvalue weighted by Crippen LogP contribution is -2.11. The number of aryl methyl sites for hydroxylation is 2. The normalized spacial score (nSPS) is 11.2. The fourth-order valence-electron chi connectivity index (χ4n) is 2.33. The van der Waals surface area contributed by atoms with Crippen molar-refractivity contribution in [2.45, 2.75) is 26.8 Å². The van der Waals surface area contributed by atoms with Crippen molar-refractivity contribution in [3.63, 3.8) is 0 Å². The molecular formula is C14H20N2. The number of rotatable bonds is 4. The molecule has 0 saturated heterocycles. The van der Waals surface area contributed by atoms with Crippen molar-refractivity contribution >= 4 is 10.9 Å². The molecule has 0 bridgehead atoms. The summed E-state index contributed by atoms with van der Waals surface area (Å²) >= 11 is 0. The van der Waals surface area contributed by atoms with Gasteiger partial charge in [-0.1, -0.05) is 18.2 Å². The minimum Gasteiger partial charge on any atom is -0.347 e. The van der Waals surface area contributed by atoms with Crippen LogP contribution in [0.4, 0.5) is 0 Å². The molecule has 0 aliphatic carbocycles. The average Bonchev–Trinajstić information content (AvgIpc) is 2.64. The van der Waals surface area contributed by atoms with E-state index in [0.717, 1.165) is 19.5 Å². The first-order valence-electron chi connectivity index (χ1n) is 5.99. The van der Waals surface area contributed by atoms with Gasteiger partial charge in [-0.05, 0) is 45.0 Å². The minimum atomic E-state index is 1.03. The zero-order valence-electron chi connectivity index (χ0n) is 10.4. The summed E-state index contributed by atoms with van der Waals surface area (Å²) in [6.45, 7) is 6.47. The van der Waals surface area contributed by atoms with Crippen LogP contribution in [0.25, 0.3) is 10.9 Å². The van der Waals surface area contributed by atoms with Crippen LogP contribution in [0.1, 0.15) is 18.1 Å². The van der Waals surface area contributed by atoms with Crippen LogP contribution in [0, 0.1) is 6.92 Å². The van der Waals surface area contributed by atoms with Crippen molar-refractivity contribution in [1.82, 2.24) is 9.88 Å². The average molecular weight is 216 g/mol. The van der Waals surface area contributed by atoms with Crippen molar-refractivity contribution in [3.05, 3.63) is 35.5 Å². The van der Waals surface area contributed by atoms with E-state index < -0.39 is 0 Å². The molecule has 0 atom stereocenters. The van der Waals surface area contributed by atoms with Crippen LogP contribution < -0.4 is 5.32 Å². The van der Waals surface area contributed by atoms with Crippen molar-refractivity contribution in [3.8, 4) is 0 Å². The van der Waals surface area contributed by atoms with Crippen molar-refractivity contribution < 1.29 is 0 Å². The number of para-hydroxylation sites is 1. The third-order valence-electron chi connectivity index (χ3n) is 3.17. The molecule has 86 valence electrons. The Kier molecular flexibility index (Phi) is 3.30. The lowest BCUT2D eigenvalue weighted by molar-refractivity contribution is 0.770. The molecule has 0 fully saturated rings. The van der Waals surface area contributed by atoms with Crippen LogP contribution in [0.5, 0.6) is 0 Å². The number of nitrogens with one attached hydrogen (secondary N) is 1. The van der Waals surface area contributed by atoms with Gasteiger partial charge in [0.05, 0.1) is 5.52 Å². The minimum absolute atomic E-state index is 1.03. The number of nitrogens with zero attached hydrogens (tertiary/aromatic N) is 1. The molecule has 2 heteroatoms. The van der Waals surface area contributed by atoms with E-state index in [1.807, 2.05) is 7.05 Å². The van der Waals surface area contributed by atoms with E-state index in [1.165, 1.54) is 22.0 Å². The van der Waals surface area contributed by atoms with Crippen LogP contribution in [-0.2, 0) is 13.0 Å². The molecule has 0 amide bonds. The monoisotopic (exact) mass is 216 g/mol. The predicted molar refractivity (Wildman–Crippen MR) is 70.0 cm³/mol. The molecule has 1 aromatic carbocycles. The van der Waals surface area contributed by atoms with Gasteiger partial charge in [0.2, 0.25) is 0 Å². The first-order chi connectivity index (χ1) is 7.77. The fourth-order valence-corrected chi connectivity index (χ4v) is 2.33. The lowest BCUT2D eigenvalue weighted by atomic mass is 10.1. The number of hydrogen-bond donors (Lipinski definition) is 1. The molecule has 16 heavy (non-hydrogen) atoms. The van der Waals surface area contributed by atoms with E-state index in [-0.39, 0.29) is 0 Å². The number of aromatic nitrogens is 1. The van der Waals surface area contributed by atoms with E-state index in [0.29, 0.717) is 0 Å². The quantitative estimate of drug-likeness (QED) is 0.831. The van der Waals surface area contributed by atoms with Crippen LogP contribution in [0.3, 0.4) is 0 Å². The Balaban J connectivity index is 2.55. The van der Waals surface area contributed by atoms with Gasteiger partial charge in [0, 0.05) is 18.1 Å². The number of fused-ring (bicyclic) bond motifs is 1. The first kappa shape index (κ1) is 11.2. The highest BCUT2D eigenvalue weighted by Crippen LogP contribution is 2.24. The second-order valence-electron chi connectivity index (χ2n) is 4.26. The molecule has 1 heterocycles. The van der Waals surface area contributed by atoms with E-state index in [9.17, 15) is 0 Å². The summed E-state index contributed by atoms with van der Waals surface area (Å²) in [5.41, 5.74) is 4.24. The molecule has 0 saturated carbocycles. The first-order valence-corrected chi connectivity index (χ1v) is 5.99. The van der Waals surface area contributed by atoms with Gasteiger partial charge >= 0.3 is 0 Å². The summed E-state index contributed by atoms with van der Waals surface area (Å²) < 4.78 is 2.36. The molecule has 0 radical (unpaired) electrons. The number of hydrogen-bond acceptors (Lipinski definition) is 1. The Morgan fingerprint density at radius 3 is 2.81 bits per heavy atom. The van der Waals surface area contributed by atoms with Gasteiger partial charge in [-0.15, -0.1) is 0 Å². The Labute approximate surface area is 97.3 Å². The molecule has 2 rings (SSSR count). The summed E-state index contributed by atoms with van der Waals surface area (Å²) in [7, 11) is 2.00. The van der Waals surface area contributed by atoms with Crippen LogP contribution >= 0.6 is 0 Å². The van der Waals surface area contributed by atoms with Crippen molar-refractivity contribution in [2.75, 3.05) is 13.6 Å². The van der Waals surface area contributed by atoms with Crippen LogP contribution in [0.15, 0.2) is 24.4 Å². The van der Waals surface area contributed by atoms with Gasteiger partial charge in [0.25, 0.3) is 0 Å². The maximum Gasteiger partial charge on any atom is 0.0515 e. The second kappa shape index (κ2) is 4.71. The topological polar surface area (TPSA) is 17.0 Å². The van der Waals surface area contributed by atoms with Gasteiger partial charge in [-0.3, -0.25) is 0 Å². The van der Waals surface area contributed by atoms with Gasteiger partial charge < -0.3 is 9.88 Å². The summed E-state index contributed by atoms with van der Waals surface area (Å²) in [6, 6.07) is 6.63. The zero-order chi connectivity index (χ0) is 11.5. The maximum atomic E-state index is 3.22. The van der Waals surface area contributed by atoms with E-state index >= 15 is 0 Å². The molecular weight excluding hydrogens is 196 g/mol. The third-order valence-corrected chi connectivity index (χ3v) is 3.17. The highest BCUT2D eigenvalue weighted by molar-refractivity contribution is 5.86. The molecule has 0 aliphatic heterocycles. The Morgan fingerprint density at radius 1 is 1.31 bits per heavy atom. The number of likely N-dealkylation sites (N-methyl/N-ethyl adjacent to an activating group) is 1. The summed E-state index contributed by atoms with van der Waals surface area (Å²) in [6.07, 6.45) is 3.35.